The minimum absolute atomic E-state index is 1.03. The van der Waals surface area contributed by atoms with E-state index in [1.807, 2.05) is 0 Å². The quantitative estimate of drug-likeness (QED) is 0.382. The van der Waals surface area contributed by atoms with Gasteiger partial charge in [0.2, 0.25) is 0 Å². The Morgan fingerprint density at radius 2 is 1.18 bits per heavy atom. The van der Waals surface area contributed by atoms with Crippen LogP contribution in [0.3, 0.4) is 0 Å². The number of hydrogen-bond acceptors (Lipinski definition) is 2. The van der Waals surface area contributed by atoms with Crippen LogP contribution in [0.5, 0.6) is 0 Å². The van der Waals surface area contributed by atoms with Gasteiger partial charge in [-0.25, -0.2) is 0 Å². The molecule has 0 aromatic rings. The summed E-state index contributed by atoms with van der Waals surface area (Å²) in [5.41, 5.74) is 0. The summed E-state index contributed by atoms with van der Waals surface area (Å²) in [4.78, 5) is 0. The molecule has 11 heteroatoms. The van der Waals surface area contributed by atoms with E-state index in [1.54, 1.807) is 0 Å². The zero-order chi connectivity index (χ0) is 9.12. The third-order valence-corrected chi connectivity index (χ3v) is 16.5. The average molecular weight is 706 g/mol. The topological polar surface area (TPSA) is 24.7 Å². The van der Waals surface area contributed by atoms with Crippen molar-refractivity contribution in [2.75, 3.05) is 0 Å². The summed E-state index contributed by atoms with van der Waals surface area (Å²) in [7, 11) is 11.6. The molecule has 2 nitrogen and oxygen atoms in total. The van der Waals surface area contributed by atoms with Crippen molar-refractivity contribution in [1.82, 2.24) is 0 Å². The summed E-state index contributed by atoms with van der Waals surface area (Å²) in [5.74, 6) is 0. The van der Waals surface area contributed by atoms with Gasteiger partial charge < -0.3 is 0 Å². The molecule has 70 valence electrons. The van der Waals surface area contributed by atoms with E-state index in [0.29, 0.717) is 0 Å². The van der Waals surface area contributed by atoms with Gasteiger partial charge in [-0.05, 0) is 0 Å². The van der Waals surface area contributed by atoms with E-state index >= 15 is 0 Å². The molecular formula is Br4Cl2N2STe2. The molecule has 11 heavy (non-hydrogen) atoms. The van der Waals surface area contributed by atoms with E-state index in [1.165, 1.54) is 0 Å². The van der Waals surface area contributed by atoms with E-state index in [0.717, 1.165) is 11.4 Å². The van der Waals surface area contributed by atoms with Crippen molar-refractivity contribution in [2.24, 2.45) is 5.23 Å². The molecule has 0 aromatic carbocycles. The van der Waals surface area contributed by atoms with Gasteiger partial charge >= 0.3 is 111 Å². The van der Waals surface area contributed by atoms with Crippen LogP contribution in [0.4, 0.5) is 0 Å². The van der Waals surface area contributed by atoms with Crippen LogP contribution in [0, 0.1) is 0 Å². The molecule has 0 aliphatic heterocycles. The van der Waals surface area contributed by atoms with E-state index in [4.69, 9.17) is 17.9 Å². The molecule has 0 aromatic heterocycles. The molecule has 0 aliphatic rings. The summed E-state index contributed by atoms with van der Waals surface area (Å²) < 4.78 is 7.97. The fraction of sp³-hybridized carbons (Fsp3) is 0. The molecule has 0 atom stereocenters. The van der Waals surface area contributed by atoms with Crippen LogP contribution in [0.15, 0.2) is 5.23 Å². The van der Waals surface area contributed by atoms with Gasteiger partial charge in [-0.1, -0.05) is 0 Å². The predicted molar refractivity (Wildman–Crippen MR) is 71.1 cm³/mol. The van der Waals surface area contributed by atoms with Crippen LogP contribution in [-0.2, 0) is 11.4 Å². The maximum absolute atomic E-state index is 5.79. The number of hydrogen-bond donors (Lipinski definition) is 0. The Hall–Kier alpha value is 3.90. The van der Waals surface area contributed by atoms with Gasteiger partial charge in [0, 0.05) is 0 Å². The molecule has 0 aliphatic carbocycles. The first-order chi connectivity index (χ1) is 4.71. The van der Waals surface area contributed by atoms with Gasteiger partial charge in [0.1, 0.15) is 0 Å². The first kappa shape index (κ1) is 14.9. The second-order valence-corrected chi connectivity index (χ2v) is 61.2. The summed E-state index contributed by atoms with van der Waals surface area (Å²) in [5, 5.41) is 0. The van der Waals surface area contributed by atoms with Gasteiger partial charge in [0.05, 0.1) is 0 Å². The zero-order valence-corrected chi connectivity index (χ0v) is 17.7. The van der Waals surface area contributed by atoms with Crippen molar-refractivity contribution in [1.29, 1.82) is 0 Å². The predicted octanol–water partition coefficient (Wildman–Crippen LogP) is 4.36. The van der Waals surface area contributed by atoms with Crippen LogP contribution >= 0.6 is 68.9 Å². The van der Waals surface area contributed by atoms with E-state index < -0.39 is 25.8 Å². The molecule has 0 spiro atoms. The van der Waals surface area contributed by atoms with E-state index in [2.05, 4.69) is 56.2 Å². The van der Waals surface area contributed by atoms with Crippen LogP contribution in [0.25, 0.3) is 0 Å². The van der Waals surface area contributed by atoms with Crippen molar-refractivity contribution in [3.05, 3.63) is 0 Å². The van der Waals surface area contributed by atoms with Crippen molar-refractivity contribution >= 4 is 106 Å². The Bertz CT molecular complexity index is 171. The Balaban J connectivity index is 4.25. The summed E-state index contributed by atoms with van der Waals surface area (Å²) in [6, 6.07) is 0. The number of rotatable bonds is 2. The first-order valence-corrected chi connectivity index (χ1v) is 31.3. The Labute approximate surface area is 108 Å². The van der Waals surface area contributed by atoms with Crippen LogP contribution < -0.4 is 0 Å². The third-order valence-electron chi connectivity index (χ3n) is 0.236. The molecule has 0 saturated carbocycles. The summed E-state index contributed by atoms with van der Waals surface area (Å²) in [6.45, 7) is 0. The Morgan fingerprint density at radius 3 is 1.36 bits per heavy atom. The Kier molecular flexibility index (Phi) is 8.77. The van der Waals surface area contributed by atoms with Crippen molar-refractivity contribution in [3.8, 4) is 0 Å². The SMILES string of the molecule is Cl[Te](Br)(Br)N=S=N[Te](Cl)(Br)Br. The molecule has 0 saturated heterocycles. The van der Waals surface area contributed by atoms with Crippen LogP contribution in [-0.4, -0.2) is 25.8 Å². The second-order valence-electron chi connectivity index (χ2n) is 0.995. The van der Waals surface area contributed by atoms with E-state index in [9.17, 15) is 0 Å². The maximum atomic E-state index is 5.79. The molecule has 0 unspecified atom stereocenters. The van der Waals surface area contributed by atoms with Gasteiger partial charge in [-0.2, -0.15) is 0 Å². The molecule has 0 N–H and O–H groups in total. The first-order valence-electron chi connectivity index (χ1n) is 1.66. The molecule has 0 bridgehead atoms. The van der Waals surface area contributed by atoms with Crippen molar-refractivity contribution in [2.45, 2.75) is 0 Å². The average Bonchev–Trinajstić information content (AvgIpc) is 1.55. The van der Waals surface area contributed by atoms with E-state index in [-0.39, 0.29) is 0 Å². The summed E-state index contributed by atoms with van der Waals surface area (Å²) >= 11 is 8.50. The molecule has 0 fully saturated rings. The molecular weight excluding hydrogens is 706 g/mol. The zero-order valence-electron chi connectivity index (χ0n) is 4.39. The van der Waals surface area contributed by atoms with Gasteiger partial charge in [-0.3, -0.25) is 0 Å². The molecule has 0 rings (SSSR count). The van der Waals surface area contributed by atoms with Crippen molar-refractivity contribution < 1.29 is 0 Å². The standard InChI is InChI=1S/Br4Cl2N2STe2/c1-10(2,5)7-9-8-11(3,4)6. The normalized spacial score (nSPS) is 15.5. The van der Waals surface area contributed by atoms with Crippen LogP contribution in [0.2, 0.25) is 0 Å². The number of nitrogens with zero attached hydrogens (tertiary/aromatic N) is 2. The van der Waals surface area contributed by atoms with Crippen LogP contribution in [0.1, 0.15) is 0 Å². The van der Waals surface area contributed by atoms with Gasteiger partial charge in [-0.15, -0.1) is 0 Å². The summed E-state index contributed by atoms with van der Waals surface area (Å²) in [6.07, 6.45) is 0. The monoisotopic (exact) mass is 705 g/mol. The van der Waals surface area contributed by atoms with Gasteiger partial charge in [0.25, 0.3) is 0 Å². The fourth-order valence-corrected chi connectivity index (χ4v) is 8.63. The molecule has 0 amide bonds. The number of halogens is 6. The van der Waals surface area contributed by atoms with Gasteiger partial charge in [0.15, 0.2) is 0 Å². The minimum atomic E-state index is -2.71. The second kappa shape index (κ2) is 6.47. The van der Waals surface area contributed by atoms with Crippen molar-refractivity contribution in [3.63, 3.8) is 0 Å². The fourth-order valence-electron chi connectivity index (χ4n) is 0.0892. The molecule has 0 radical (unpaired) electrons. The Morgan fingerprint density at radius 1 is 0.909 bits per heavy atom. The molecule has 0 heterocycles. The third kappa shape index (κ3) is 13.9.